The van der Waals surface area contributed by atoms with Crippen molar-refractivity contribution in [2.45, 2.75) is 38.8 Å². The first-order valence-electron chi connectivity index (χ1n) is 9.49. The molecule has 5 heteroatoms. The van der Waals surface area contributed by atoms with Crippen molar-refractivity contribution in [3.63, 3.8) is 0 Å². The fourth-order valence-corrected chi connectivity index (χ4v) is 4.33. The van der Waals surface area contributed by atoms with Crippen LogP contribution in [0.3, 0.4) is 0 Å². The van der Waals surface area contributed by atoms with Crippen molar-refractivity contribution >= 4 is 16.8 Å². The highest BCUT2D eigenvalue weighted by molar-refractivity contribution is 5.83. The number of likely N-dealkylation sites (tertiary alicyclic amines) is 1. The summed E-state index contributed by atoms with van der Waals surface area (Å²) in [6.07, 6.45) is 3.06. The standard InChI is InChI=1S/C20H28N4O/c1-15-13-18-16(3-2-4-19(18)22-15)14-23-9-5-17(6-10-23)24-11-7-20(25)21-8-12-24/h2-4,13,17,22H,5-12,14H2,1H3,(H,21,25). The Morgan fingerprint density at radius 2 is 2.00 bits per heavy atom. The van der Waals surface area contributed by atoms with Crippen LogP contribution in [0.15, 0.2) is 24.3 Å². The van der Waals surface area contributed by atoms with Gasteiger partial charge < -0.3 is 10.3 Å². The lowest BCUT2D eigenvalue weighted by Crippen LogP contribution is -2.45. The summed E-state index contributed by atoms with van der Waals surface area (Å²) in [7, 11) is 0. The molecular formula is C20H28N4O. The molecule has 4 rings (SSSR count). The van der Waals surface area contributed by atoms with Crippen LogP contribution in [0.1, 0.15) is 30.5 Å². The molecule has 2 fully saturated rings. The van der Waals surface area contributed by atoms with E-state index in [4.69, 9.17) is 0 Å². The summed E-state index contributed by atoms with van der Waals surface area (Å²) in [5.41, 5.74) is 3.89. The summed E-state index contributed by atoms with van der Waals surface area (Å²) < 4.78 is 0. The van der Waals surface area contributed by atoms with Crippen molar-refractivity contribution in [2.24, 2.45) is 0 Å². The molecule has 0 radical (unpaired) electrons. The van der Waals surface area contributed by atoms with Gasteiger partial charge in [-0.3, -0.25) is 14.6 Å². The number of hydrogen-bond acceptors (Lipinski definition) is 3. The number of aromatic amines is 1. The van der Waals surface area contributed by atoms with Gasteiger partial charge in [-0.1, -0.05) is 12.1 Å². The van der Waals surface area contributed by atoms with Crippen LogP contribution in [0.5, 0.6) is 0 Å². The van der Waals surface area contributed by atoms with Gasteiger partial charge >= 0.3 is 0 Å². The zero-order valence-corrected chi connectivity index (χ0v) is 15.1. The topological polar surface area (TPSA) is 51.4 Å². The molecule has 25 heavy (non-hydrogen) atoms. The molecule has 0 unspecified atom stereocenters. The molecule has 0 atom stereocenters. The zero-order valence-electron chi connectivity index (χ0n) is 15.1. The third kappa shape index (κ3) is 3.72. The Bertz CT molecular complexity index is 745. The van der Waals surface area contributed by atoms with Crippen LogP contribution < -0.4 is 5.32 Å². The molecule has 2 saturated heterocycles. The minimum Gasteiger partial charge on any atom is -0.359 e. The van der Waals surface area contributed by atoms with Crippen LogP contribution in [0, 0.1) is 6.92 Å². The highest BCUT2D eigenvalue weighted by atomic mass is 16.1. The van der Waals surface area contributed by atoms with E-state index in [2.05, 4.69) is 51.3 Å². The number of carbonyl (C=O) groups is 1. The summed E-state index contributed by atoms with van der Waals surface area (Å²) in [6.45, 7) is 8.15. The van der Waals surface area contributed by atoms with E-state index in [0.717, 1.165) is 39.3 Å². The minimum atomic E-state index is 0.204. The zero-order chi connectivity index (χ0) is 17.2. The van der Waals surface area contributed by atoms with Crippen LogP contribution in [0.25, 0.3) is 10.9 Å². The van der Waals surface area contributed by atoms with Gasteiger partial charge in [0.15, 0.2) is 0 Å². The van der Waals surface area contributed by atoms with Crippen LogP contribution >= 0.6 is 0 Å². The second-order valence-electron chi connectivity index (χ2n) is 7.47. The Morgan fingerprint density at radius 3 is 2.84 bits per heavy atom. The first-order valence-corrected chi connectivity index (χ1v) is 9.49. The number of fused-ring (bicyclic) bond motifs is 1. The van der Waals surface area contributed by atoms with Crippen molar-refractivity contribution < 1.29 is 4.79 Å². The molecule has 0 spiro atoms. The fourth-order valence-electron chi connectivity index (χ4n) is 4.33. The van der Waals surface area contributed by atoms with E-state index in [9.17, 15) is 4.79 Å². The number of aromatic nitrogens is 1. The van der Waals surface area contributed by atoms with Gasteiger partial charge in [0.1, 0.15) is 0 Å². The predicted molar refractivity (Wildman–Crippen MR) is 101 cm³/mol. The van der Waals surface area contributed by atoms with Gasteiger partial charge in [-0.2, -0.15) is 0 Å². The minimum absolute atomic E-state index is 0.204. The van der Waals surface area contributed by atoms with Crippen molar-refractivity contribution in [3.8, 4) is 0 Å². The first kappa shape index (κ1) is 16.6. The van der Waals surface area contributed by atoms with Crippen molar-refractivity contribution in [3.05, 3.63) is 35.5 Å². The lowest BCUT2D eigenvalue weighted by Gasteiger charge is -2.38. The summed E-state index contributed by atoms with van der Waals surface area (Å²) in [5, 5.41) is 4.34. The van der Waals surface area contributed by atoms with Crippen LogP contribution in [-0.2, 0) is 11.3 Å². The maximum absolute atomic E-state index is 11.5. The molecule has 2 aliphatic rings. The normalized spacial score (nSPS) is 21.4. The van der Waals surface area contributed by atoms with Crippen molar-refractivity contribution in [2.75, 3.05) is 32.7 Å². The summed E-state index contributed by atoms with van der Waals surface area (Å²) >= 11 is 0. The second kappa shape index (κ2) is 7.18. The fraction of sp³-hybridized carbons (Fsp3) is 0.550. The summed E-state index contributed by atoms with van der Waals surface area (Å²) in [6, 6.07) is 9.47. The number of amides is 1. The monoisotopic (exact) mass is 340 g/mol. The number of piperidine rings is 1. The number of nitrogens with zero attached hydrogens (tertiary/aromatic N) is 2. The number of carbonyl (C=O) groups excluding carboxylic acids is 1. The predicted octanol–water partition coefficient (Wildman–Crippen LogP) is 2.26. The van der Waals surface area contributed by atoms with E-state index in [1.807, 2.05) is 0 Å². The lowest BCUT2D eigenvalue weighted by atomic mass is 10.0. The molecule has 1 aromatic carbocycles. The number of nitrogens with one attached hydrogen (secondary N) is 2. The molecule has 1 amide bonds. The third-order valence-corrected chi connectivity index (χ3v) is 5.70. The molecular weight excluding hydrogens is 312 g/mol. The molecule has 3 heterocycles. The number of aryl methyl sites for hydroxylation is 1. The first-order chi connectivity index (χ1) is 12.2. The SMILES string of the molecule is Cc1cc2c(CN3CCC(N4CCNC(=O)CC4)CC3)cccc2[nH]1. The molecule has 2 aromatic rings. The van der Waals surface area contributed by atoms with E-state index < -0.39 is 0 Å². The molecule has 1 aromatic heterocycles. The van der Waals surface area contributed by atoms with Gasteiger partial charge in [-0.15, -0.1) is 0 Å². The molecule has 0 saturated carbocycles. The average molecular weight is 340 g/mol. The Kier molecular flexibility index (Phi) is 4.77. The number of hydrogen-bond donors (Lipinski definition) is 2. The highest BCUT2D eigenvalue weighted by Gasteiger charge is 2.26. The van der Waals surface area contributed by atoms with Crippen LogP contribution in [0.2, 0.25) is 0 Å². The average Bonchev–Trinajstić information content (AvgIpc) is 2.86. The van der Waals surface area contributed by atoms with Gasteiger partial charge in [0, 0.05) is 55.2 Å². The molecule has 134 valence electrons. The molecule has 2 aliphatic heterocycles. The highest BCUT2D eigenvalue weighted by Crippen LogP contribution is 2.24. The van der Waals surface area contributed by atoms with Crippen molar-refractivity contribution in [1.29, 1.82) is 0 Å². The Balaban J connectivity index is 1.36. The number of H-pyrrole nitrogens is 1. The summed E-state index contributed by atoms with van der Waals surface area (Å²) in [5.74, 6) is 0.204. The Morgan fingerprint density at radius 1 is 1.16 bits per heavy atom. The summed E-state index contributed by atoms with van der Waals surface area (Å²) in [4.78, 5) is 20.1. The van der Waals surface area contributed by atoms with Crippen molar-refractivity contribution in [1.82, 2.24) is 20.1 Å². The third-order valence-electron chi connectivity index (χ3n) is 5.70. The van der Waals surface area contributed by atoms with E-state index in [0.29, 0.717) is 12.5 Å². The van der Waals surface area contributed by atoms with Gasteiger partial charge in [-0.25, -0.2) is 0 Å². The molecule has 0 aliphatic carbocycles. The largest absolute Gasteiger partial charge is 0.359 e. The van der Waals surface area contributed by atoms with E-state index in [-0.39, 0.29) is 5.91 Å². The molecule has 2 N–H and O–H groups in total. The molecule has 5 nitrogen and oxygen atoms in total. The maximum atomic E-state index is 11.5. The maximum Gasteiger partial charge on any atom is 0.221 e. The smallest absolute Gasteiger partial charge is 0.221 e. The van der Waals surface area contributed by atoms with Gasteiger partial charge in [0.2, 0.25) is 5.91 Å². The van der Waals surface area contributed by atoms with E-state index in [1.165, 1.54) is 35.0 Å². The number of benzene rings is 1. The van der Waals surface area contributed by atoms with Gasteiger partial charge in [0.05, 0.1) is 0 Å². The van der Waals surface area contributed by atoms with E-state index in [1.54, 1.807) is 0 Å². The lowest BCUT2D eigenvalue weighted by molar-refractivity contribution is -0.120. The molecule has 0 bridgehead atoms. The quantitative estimate of drug-likeness (QED) is 0.901. The second-order valence-corrected chi connectivity index (χ2v) is 7.47. The van der Waals surface area contributed by atoms with Gasteiger partial charge in [-0.05, 0) is 50.6 Å². The van der Waals surface area contributed by atoms with Crippen LogP contribution in [-0.4, -0.2) is 59.5 Å². The van der Waals surface area contributed by atoms with Crippen LogP contribution in [0.4, 0.5) is 0 Å². The van der Waals surface area contributed by atoms with Gasteiger partial charge in [0.25, 0.3) is 0 Å². The Labute approximate surface area is 149 Å². The van der Waals surface area contributed by atoms with E-state index >= 15 is 0 Å². The Hall–Kier alpha value is -1.85. The number of rotatable bonds is 3.